The molecule has 0 saturated carbocycles. The van der Waals surface area contributed by atoms with E-state index >= 15 is 0 Å². The molecular formula is C24H34O4. The first-order valence-corrected chi connectivity index (χ1v) is 10.3. The molecule has 0 heterocycles. The van der Waals surface area contributed by atoms with Gasteiger partial charge in [-0.2, -0.15) is 0 Å². The van der Waals surface area contributed by atoms with Gasteiger partial charge in [0.05, 0.1) is 13.7 Å². The smallest absolute Gasteiger partial charge is 0.330 e. The maximum atomic E-state index is 11.5. The summed E-state index contributed by atoms with van der Waals surface area (Å²) in [6.45, 7) is 3.06. The molecule has 0 aromatic heterocycles. The largest absolute Gasteiger partial charge is 0.493 e. The molecule has 0 aliphatic heterocycles. The van der Waals surface area contributed by atoms with Crippen molar-refractivity contribution in [1.82, 2.24) is 0 Å². The minimum Gasteiger partial charge on any atom is -0.493 e. The van der Waals surface area contributed by atoms with Crippen molar-refractivity contribution in [3.05, 3.63) is 35.4 Å². The van der Waals surface area contributed by atoms with Crippen LogP contribution in [0.25, 0.3) is 6.08 Å². The second-order valence-electron chi connectivity index (χ2n) is 6.67. The molecule has 0 bridgehead atoms. The second kappa shape index (κ2) is 15.8. The van der Waals surface area contributed by atoms with Gasteiger partial charge in [-0.3, -0.25) is 0 Å². The Kier molecular flexibility index (Phi) is 13.4. The van der Waals surface area contributed by atoms with Gasteiger partial charge in [-0.25, -0.2) is 4.79 Å². The molecule has 1 aromatic rings. The van der Waals surface area contributed by atoms with Gasteiger partial charge in [0.25, 0.3) is 0 Å². The van der Waals surface area contributed by atoms with E-state index in [-0.39, 0.29) is 6.61 Å². The van der Waals surface area contributed by atoms with Gasteiger partial charge in [0.2, 0.25) is 0 Å². The molecule has 28 heavy (non-hydrogen) atoms. The standard InChI is InChI=1S/C24H34O4/c1-3-4-5-6-9-12-20-28-23-16-13-15-21(14-10-7-8-11-19-25)22(23)17-18-24(26)27-2/h13,15-18,25H,3-9,11-12,19-20H2,1-2H3/b18-17+. The molecule has 0 unspecified atom stereocenters. The Morgan fingerprint density at radius 2 is 1.89 bits per heavy atom. The van der Waals surface area contributed by atoms with E-state index in [2.05, 4.69) is 18.8 Å². The van der Waals surface area contributed by atoms with Crippen LogP contribution < -0.4 is 4.74 Å². The topological polar surface area (TPSA) is 55.8 Å². The van der Waals surface area contributed by atoms with Crippen molar-refractivity contribution in [3.63, 3.8) is 0 Å². The van der Waals surface area contributed by atoms with Crippen LogP contribution in [0.2, 0.25) is 0 Å². The summed E-state index contributed by atoms with van der Waals surface area (Å²) in [5.41, 5.74) is 1.62. The Bertz CT molecular complexity index is 652. The first-order valence-electron chi connectivity index (χ1n) is 10.3. The Morgan fingerprint density at radius 3 is 2.64 bits per heavy atom. The third kappa shape index (κ3) is 10.2. The van der Waals surface area contributed by atoms with Crippen LogP contribution in [-0.4, -0.2) is 31.4 Å². The zero-order chi connectivity index (χ0) is 20.5. The van der Waals surface area contributed by atoms with Crippen molar-refractivity contribution in [2.45, 2.75) is 64.7 Å². The van der Waals surface area contributed by atoms with Gasteiger partial charge in [0.15, 0.2) is 0 Å². The molecule has 0 saturated heterocycles. The van der Waals surface area contributed by atoms with Gasteiger partial charge in [0.1, 0.15) is 5.75 Å². The summed E-state index contributed by atoms with van der Waals surface area (Å²) < 4.78 is 10.7. The number of hydrogen-bond acceptors (Lipinski definition) is 4. The van der Waals surface area contributed by atoms with Crippen LogP contribution in [0.4, 0.5) is 0 Å². The van der Waals surface area contributed by atoms with Gasteiger partial charge >= 0.3 is 5.97 Å². The van der Waals surface area contributed by atoms with Crippen molar-refractivity contribution < 1.29 is 19.4 Å². The average molecular weight is 387 g/mol. The molecule has 0 aliphatic rings. The van der Waals surface area contributed by atoms with E-state index < -0.39 is 5.97 Å². The highest BCUT2D eigenvalue weighted by Crippen LogP contribution is 2.24. The van der Waals surface area contributed by atoms with Crippen molar-refractivity contribution in [1.29, 1.82) is 0 Å². The fourth-order valence-corrected chi connectivity index (χ4v) is 2.72. The van der Waals surface area contributed by atoms with Crippen LogP contribution in [0.15, 0.2) is 24.3 Å². The molecule has 4 heteroatoms. The summed E-state index contributed by atoms with van der Waals surface area (Å²) in [7, 11) is 1.36. The Hall–Kier alpha value is -2.25. The number of hydrogen-bond donors (Lipinski definition) is 1. The summed E-state index contributed by atoms with van der Waals surface area (Å²) in [6.07, 6.45) is 12.7. The van der Waals surface area contributed by atoms with Gasteiger partial charge in [0, 0.05) is 30.2 Å². The van der Waals surface area contributed by atoms with Crippen LogP contribution in [0, 0.1) is 11.8 Å². The van der Waals surface area contributed by atoms with E-state index in [0.717, 1.165) is 49.0 Å². The van der Waals surface area contributed by atoms with E-state index in [0.29, 0.717) is 6.61 Å². The normalized spacial score (nSPS) is 10.5. The molecule has 4 nitrogen and oxygen atoms in total. The van der Waals surface area contributed by atoms with Gasteiger partial charge in [-0.15, -0.1) is 0 Å². The number of unbranched alkanes of at least 4 members (excludes halogenated alkanes) is 7. The lowest BCUT2D eigenvalue weighted by Crippen LogP contribution is -2.01. The number of ether oxygens (including phenoxy) is 2. The van der Waals surface area contributed by atoms with E-state index in [1.807, 2.05) is 18.2 Å². The van der Waals surface area contributed by atoms with E-state index in [1.54, 1.807) is 6.08 Å². The lowest BCUT2D eigenvalue weighted by Gasteiger charge is -2.11. The van der Waals surface area contributed by atoms with E-state index in [9.17, 15) is 4.79 Å². The minimum atomic E-state index is -0.410. The second-order valence-corrected chi connectivity index (χ2v) is 6.67. The molecular weight excluding hydrogens is 352 g/mol. The molecule has 0 spiro atoms. The highest BCUT2D eigenvalue weighted by molar-refractivity contribution is 5.88. The Labute approximate surface area is 169 Å². The fraction of sp³-hybridized carbons (Fsp3) is 0.542. The van der Waals surface area contributed by atoms with Crippen LogP contribution in [0.3, 0.4) is 0 Å². The molecule has 1 N–H and O–H groups in total. The summed E-state index contributed by atoms with van der Waals surface area (Å²) in [4.78, 5) is 11.5. The third-order valence-corrected chi connectivity index (χ3v) is 4.34. The Morgan fingerprint density at radius 1 is 1.11 bits per heavy atom. The SMILES string of the molecule is CCCCCCCCOc1cccc(C#CCCCCO)c1/C=C/C(=O)OC. The quantitative estimate of drug-likeness (QED) is 0.221. The first kappa shape index (κ1) is 23.8. The third-order valence-electron chi connectivity index (χ3n) is 4.34. The summed E-state index contributed by atoms with van der Waals surface area (Å²) in [5, 5.41) is 8.85. The minimum absolute atomic E-state index is 0.191. The molecule has 0 radical (unpaired) electrons. The summed E-state index contributed by atoms with van der Waals surface area (Å²) in [5.74, 6) is 6.62. The van der Waals surface area contributed by atoms with Gasteiger partial charge in [-0.1, -0.05) is 56.9 Å². The van der Waals surface area contributed by atoms with Crippen LogP contribution in [0.1, 0.15) is 75.8 Å². The molecule has 0 aliphatic carbocycles. The summed E-state index contributed by atoms with van der Waals surface area (Å²) >= 11 is 0. The van der Waals surface area contributed by atoms with Crippen LogP contribution in [0.5, 0.6) is 5.75 Å². The first-order chi connectivity index (χ1) is 13.7. The predicted molar refractivity (Wildman–Crippen MR) is 114 cm³/mol. The highest BCUT2D eigenvalue weighted by Gasteiger charge is 2.07. The predicted octanol–water partition coefficient (Wildman–Crippen LogP) is 5.13. The monoisotopic (exact) mass is 386 g/mol. The zero-order valence-corrected chi connectivity index (χ0v) is 17.3. The number of aliphatic hydroxyl groups excluding tert-OH is 1. The molecule has 1 aromatic carbocycles. The van der Waals surface area contributed by atoms with Gasteiger partial charge in [-0.05, 0) is 37.5 Å². The number of carbonyl (C=O) groups is 1. The van der Waals surface area contributed by atoms with E-state index in [4.69, 9.17) is 14.6 Å². The lowest BCUT2D eigenvalue weighted by molar-refractivity contribution is -0.134. The summed E-state index contributed by atoms with van der Waals surface area (Å²) in [6, 6.07) is 5.75. The maximum Gasteiger partial charge on any atom is 0.330 e. The molecule has 154 valence electrons. The molecule has 0 fully saturated rings. The lowest BCUT2D eigenvalue weighted by atomic mass is 10.1. The van der Waals surface area contributed by atoms with Crippen LogP contribution in [-0.2, 0) is 9.53 Å². The van der Waals surface area contributed by atoms with Crippen LogP contribution >= 0.6 is 0 Å². The van der Waals surface area contributed by atoms with Gasteiger partial charge < -0.3 is 14.6 Å². The molecule has 0 atom stereocenters. The molecule has 0 amide bonds. The fourth-order valence-electron chi connectivity index (χ4n) is 2.72. The number of carbonyl (C=O) groups excluding carboxylic acids is 1. The van der Waals surface area contributed by atoms with Crippen molar-refractivity contribution >= 4 is 12.0 Å². The van der Waals surface area contributed by atoms with Crippen molar-refractivity contribution in [2.75, 3.05) is 20.3 Å². The molecule has 1 rings (SSSR count). The van der Waals surface area contributed by atoms with Crippen molar-refractivity contribution in [2.24, 2.45) is 0 Å². The number of rotatable bonds is 13. The maximum absolute atomic E-state index is 11.5. The average Bonchev–Trinajstić information content (AvgIpc) is 2.71. The van der Waals surface area contributed by atoms with Crippen molar-refractivity contribution in [3.8, 4) is 17.6 Å². The number of aliphatic hydroxyl groups is 1. The van der Waals surface area contributed by atoms with E-state index in [1.165, 1.54) is 38.9 Å². The number of esters is 1. The zero-order valence-electron chi connectivity index (χ0n) is 17.3. The number of methoxy groups -OCH3 is 1. The Balaban J connectivity index is 2.78. The highest BCUT2D eigenvalue weighted by atomic mass is 16.5. The number of benzene rings is 1.